The minimum atomic E-state index is -0.226. The predicted octanol–water partition coefficient (Wildman–Crippen LogP) is 2.41. The van der Waals surface area contributed by atoms with Gasteiger partial charge < -0.3 is 14.9 Å². The molecule has 2 rings (SSSR count). The molecule has 1 saturated heterocycles. The average Bonchev–Trinajstić information content (AvgIpc) is 2.61. The lowest BCUT2D eigenvalue weighted by Crippen LogP contribution is -2.40. The molecule has 25 heavy (non-hydrogen) atoms. The van der Waals surface area contributed by atoms with Gasteiger partial charge in [0.25, 0.3) is 0 Å². The van der Waals surface area contributed by atoms with Crippen LogP contribution in [0.25, 0.3) is 0 Å². The maximum Gasteiger partial charge on any atom is 0.222 e. The molecule has 0 aromatic carbocycles. The van der Waals surface area contributed by atoms with Gasteiger partial charge in [-0.15, -0.1) is 0 Å². The van der Waals surface area contributed by atoms with Crippen molar-refractivity contribution in [1.82, 2.24) is 14.8 Å². The Kier molecular flexibility index (Phi) is 7.85. The molecule has 0 aliphatic carbocycles. The minimum Gasteiger partial charge on any atom is -0.393 e. The molecule has 1 fully saturated rings. The predicted molar refractivity (Wildman–Crippen MR) is 100 cm³/mol. The van der Waals surface area contributed by atoms with Crippen LogP contribution >= 0.6 is 0 Å². The smallest absolute Gasteiger partial charge is 0.222 e. The zero-order valence-electron chi connectivity index (χ0n) is 15.9. The van der Waals surface area contributed by atoms with E-state index >= 15 is 0 Å². The standard InChI is InChI=1S/C20H33N3O2/c1-4-22(17(3)14-18-8-7-16(2)15-21-18)11-5-6-20(25)23-12-9-19(24)10-13-23/h7-8,15,17,19,24H,4-6,9-14H2,1-3H3. The fourth-order valence-electron chi connectivity index (χ4n) is 3.45. The van der Waals surface area contributed by atoms with Gasteiger partial charge in [0, 0.05) is 43.9 Å². The molecule has 5 heteroatoms. The molecule has 1 atom stereocenters. The summed E-state index contributed by atoms with van der Waals surface area (Å²) in [6, 6.07) is 4.63. The first kappa shape index (κ1) is 19.9. The molecule has 5 nitrogen and oxygen atoms in total. The van der Waals surface area contributed by atoms with E-state index < -0.39 is 0 Å². The van der Waals surface area contributed by atoms with Crippen LogP contribution in [0.3, 0.4) is 0 Å². The molecular weight excluding hydrogens is 314 g/mol. The van der Waals surface area contributed by atoms with Gasteiger partial charge in [0.2, 0.25) is 5.91 Å². The summed E-state index contributed by atoms with van der Waals surface area (Å²) in [6.07, 6.45) is 5.55. The summed E-state index contributed by atoms with van der Waals surface area (Å²) < 4.78 is 0. The molecule has 1 aliphatic rings. The van der Waals surface area contributed by atoms with Crippen LogP contribution in [0, 0.1) is 6.92 Å². The summed E-state index contributed by atoms with van der Waals surface area (Å²) in [5, 5.41) is 9.54. The fourth-order valence-corrected chi connectivity index (χ4v) is 3.45. The Hall–Kier alpha value is -1.46. The lowest BCUT2D eigenvalue weighted by Gasteiger charge is -2.31. The van der Waals surface area contributed by atoms with E-state index in [0.717, 1.165) is 31.6 Å². The number of likely N-dealkylation sites (tertiary alicyclic amines) is 1. The lowest BCUT2D eigenvalue weighted by molar-refractivity contribution is -0.133. The second-order valence-electron chi connectivity index (χ2n) is 7.22. The van der Waals surface area contributed by atoms with Crippen molar-refractivity contribution in [3.8, 4) is 0 Å². The normalized spacial score (nSPS) is 17.1. The van der Waals surface area contributed by atoms with Gasteiger partial charge in [0.05, 0.1) is 6.10 Å². The first-order chi connectivity index (χ1) is 12.0. The van der Waals surface area contributed by atoms with Crippen LogP contribution in [-0.4, -0.2) is 64.1 Å². The van der Waals surface area contributed by atoms with Gasteiger partial charge in [-0.25, -0.2) is 0 Å². The van der Waals surface area contributed by atoms with Gasteiger partial charge in [-0.3, -0.25) is 9.78 Å². The van der Waals surface area contributed by atoms with Crippen molar-refractivity contribution in [3.05, 3.63) is 29.6 Å². The summed E-state index contributed by atoms with van der Waals surface area (Å²) in [4.78, 5) is 21.1. The Morgan fingerprint density at radius 2 is 2.12 bits per heavy atom. The Balaban J connectivity index is 1.73. The fraction of sp³-hybridized carbons (Fsp3) is 0.700. The number of aryl methyl sites for hydroxylation is 1. The van der Waals surface area contributed by atoms with E-state index in [1.54, 1.807) is 0 Å². The van der Waals surface area contributed by atoms with Gasteiger partial charge in [0.1, 0.15) is 0 Å². The zero-order valence-corrected chi connectivity index (χ0v) is 15.9. The monoisotopic (exact) mass is 347 g/mol. The summed E-state index contributed by atoms with van der Waals surface area (Å²) in [5.41, 5.74) is 2.31. The molecule has 1 unspecified atom stereocenters. The van der Waals surface area contributed by atoms with E-state index in [-0.39, 0.29) is 12.0 Å². The number of nitrogens with zero attached hydrogens (tertiary/aromatic N) is 3. The number of amides is 1. The summed E-state index contributed by atoms with van der Waals surface area (Å²) >= 11 is 0. The molecule has 140 valence electrons. The third-order valence-electron chi connectivity index (χ3n) is 5.16. The molecule has 0 bridgehead atoms. The number of rotatable bonds is 8. The van der Waals surface area contributed by atoms with Crippen LogP contribution in [0.5, 0.6) is 0 Å². The number of hydrogen-bond acceptors (Lipinski definition) is 4. The van der Waals surface area contributed by atoms with Gasteiger partial charge >= 0.3 is 0 Å². The first-order valence-corrected chi connectivity index (χ1v) is 9.61. The number of aromatic nitrogens is 1. The highest BCUT2D eigenvalue weighted by Crippen LogP contribution is 2.13. The average molecular weight is 348 g/mol. The van der Waals surface area contributed by atoms with Crippen molar-refractivity contribution >= 4 is 5.91 Å². The molecule has 2 heterocycles. The van der Waals surface area contributed by atoms with Crippen molar-refractivity contribution in [1.29, 1.82) is 0 Å². The number of hydrogen-bond donors (Lipinski definition) is 1. The van der Waals surface area contributed by atoms with Gasteiger partial charge in [0.15, 0.2) is 0 Å². The van der Waals surface area contributed by atoms with E-state index in [4.69, 9.17) is 0 Å². The molecule has 1 aromatic rings. The van der Waals surface area contributed by atoms with Crippen molar-refractivity contribution in [3.63, 3.8) is 0 Å². The number of carbonyl (C=O) groups is 1. The Morgan fingerprint density at radius 1 is 1.40 bits per heavy atom. The zero-order chi connectivity index (χ0) is 18.2. The third kappa shape index (κ3) is 6.40. The van der Waals surface area contributed by atoms with Crippen molar-refractivity contribution in [2.24, 2.45) is 0 Å². The Morgan fingerprint density at radius 3 is 2.72 bits per heavy atom. The highest BCUT2D eigenvalue weighted by atomic mass is 16.3. The molecule has 0 saturated carbocycles. The number of pyridine rings is 1. The lowest BCUT2D eigenvalue weighted by atomic mass is 10.1. The summed E-state index contributed by atoms with van der Waals surface area (Å²) in [7, 11) is 0. The highest BCUT2D eigenvalue weighted by molar-refractivity contribution is 5.76. The Bertz CT molecular complexity index is 524. The Labute approximate surface area is 152 Å². The number of likely N-dealkylation sites (N-methyl/N-ethyl adjacent to an activating group) is 1. The van der Waals surface area contributed by atoms with Crippen molar-refractivity contribution in [2.75, 3.05) is 26.2 Å². The van der Waals surface area contributed by atoms with E-state index in [9.17, 15) is 9.90 Å². The molecule has 1 amide bonds. The third-order valence-corrected chi connectivity index (χ3v) is 5.16. The highest BCUT2D eigenvalue weighted by Gasteiger charge is 2.21. The second kappa shape index (κ2) is 9.88. The molecule has 0 radical (unpaired) electrons. The number of piperidine rings is 1. The SMILES string of the molecule is CCN(CCCC(=O)N1CCC(O)CC1)C(C)Cc1ccc(C)cn1. The number of aliphatic hydroxyl groups excluding tert-OH is 1. The van der Waals surface area contributed by atoms with Crippen molar-refractivity contribution < 1.29 is 9.90 Å². The molecule has 1 aliphatic heterocycles. The van der Waals surface area contributed by atoms with Crippen LogP contribution in [-0.2, 0) is 11.2 Å². The van der Waals surface area contributed by atoms with E-state index in [0.29, 0.717) is 38.4 Å². The van der Waals surface area contributed by atoms with E-state index in [1.807, 2.05) is 11.1 Å². The largest absolute Gasteiger partial charge is 0.393 e. The maximum atomic E-state index is 12.3. The van der Waals surface area contributed by atoms with Gasteiger partial charge in [-0.2, -0.15) is 0 Å². The van der Waals surface area contributed by atoms with Crippen LogP contribution < -0.4 is 0 Å². The van der Waals surface area contributed by atoms with Crippen LogP contribution in [0.2, 0.25) is 0 Å². The molecule has 1 N–H and O–H groups in total. The topological polar surface area (TPSA) is 56.7 Å². The van der Waals surface area contributed by atoms with Crippen LogP contribution in [0.1, 0.15) is 50.8 Å². The molecule has 1 aromatic heterocycles. The van der Waals surface area contributed by atoms with E-state index in [2.05, 4.69) is 42.8 Å². The van der Waals surface area contributed by atoms with Gasteiger partial charge in [-0.05, 0) is 57.8 Å². The summed E-state index contributed by atoms with van der Waals surface area (Å²) in [5.74, 6) is 0.232. The number of aliphatic hydroxyl groups is 1. The van der Waals surface area contributed by atoms with Gasteiger partial charge in [-0.1, -0.05) is 13.0 Å². The maximum absolute atomic E-state index is 12.3. The molecular formula is C20H33N3O2. The quantitative estimate of drug-likeness (QED) is 0.785. The van der Waals surface area contributed by atoms with Crippen LogP contribution in [0.15, 0.2) is 18.3 Å². The summed E-state index contributed by atoms with van der Waals surface area (Å²) in [6.45, 7) is 9.78. The van der Waals surface area contributed by atoms with Crippen molar-refractivity contribution in [2.45, 2.75) is 65.0 Å². The van der Waals surface area contributed by atoms with E-state index in [1.165, 1.54) is 5.56 Å². The number of carbonyl (C=O) groups excluding carboxylic acids is 1. The minimum absolute atomic E-state index is 0.226. The second-order valence-corrected chi connectivity index (χ2v) is 7.22. The molecule has 0 spiro atoms. The van der Waals surface area contributed by atoms with Crippen LogP contribution in [0.4, 0.5) is 0 Å². The first-order valence-electron chi connectivity index (χ1n) is 9.61.